The Labute approximate surface area is 221 Å². The van der Waals surface area contributed by atoms with Crippen LogP contribution in [-0.4, -0.2) is 56.1 Å². The Hall–Kier alpha value is -4.48. The first kappa shape index (κ1) is 24.8. The standard InChI is InChI=1S/C28H24F2N6O3/c29-28(30)36-22-8-4-3-7-21(22)33-25(36)17-9-11-18(12-10-17)31-27(38)23-15-35(13-14-39-23)16-24-32-20-6-2-1-5-19(20)26(37)34-24/h1-12,23,28H,13-16H2,(H,31,38)(H,32,34,37). The lowest BCUT2D eigenvalue weighted by molar-refractivity contribution is -0.133. The summed E-state index contributed by atoms with van der Waals surface area (Å²) >= 11 is 0. The number of nitrogens with one attached hydrogen (secondary N) is 2. The van der Waals surface area contributed by atoms with Crippen LogP contribution in [0.25, 0.3) is 33.3 Å². The molecule has 0 saturated carbocycles. The number of carbonyl (C=O) groups excluding carboxylic acids is 1. The van der Waals surface area contributed by atoms with Gasteiger partial charge in [0.05, 0.1) is 35.1 Å². The molecule has 1 aliphatic heterocycles. The van der Waals surface area contributed by atoms with E-state index < -0.39 is 12.7 Å². The zero-order chi connectivity index (χ0) is 26.9. The van der Waals surface area contributed by atoms with Crippen LogP contribution in [0.3, 0.4) is 0 Å². The second-order valence-electron chi connectivity index (χ2n) is 9.26. The van der Waals surface area contributed by atoms with Gasteiger partial charge in [-0.15, -0.1) is 0 Å². The van der Waals surface area contributed by atoms with E-state index in [-0.39, 0.29) is 17.3 Å². The molecular weight excluding hydrogens is 506 g/mol. The Kier molecular flexibility index (Phi) is 6.59. The predicted octanol–water partition coefficient (Wildman–Crippen LogP) is 4.17. The molecule has 0 aliphatic carbocycles. The van der Waals surface area contributed by atoms with Crippen LogP contribution in [0.4, 0.5) is 14.5 Å². The van der Waals surface area contributed by atoms with Crippen LogP contribution in [0.1, 0.15) is 12.4 Å². The Bertz CT molecular complexity index is 1720. The number of aromatic nitrogens is 4. The molecule has 11 heteroatoms. The molecule has 2 aromatic heterocycles. The average Bonchev–Trinajstić information content (AvgIpc) is 3.34. The molecule has 1 saturated heterocycles. The van der Waals surface area contributed by atoms with Gasteiger partial charge in [-0.05, 0) is 48.5 Å². The van der Waals surface area contributed by atoms with E-state index in [0.717, 1.165) is 4.57 Å². The second-order valence-corrected chi connectivity index (χ2v) is 9.26. The maximum atomic E-state index is 13.8. The van der Waals surface area contributed by atoms with E-state index >= 15 is 0 Å². The smallest absolute Gasteiger partial charge is 0.320 e. The molecule has 5 aromatic rings. The first-order valence-electron chi connectivity index (χ1n) is 12.4. The minimum Gasteiger partial charge on any atom is -0.366 e. The molecule has 39 heavy (non-hydrogen) atoms. The van der Waals surface area contributed by atoms with Crippen molar-refractivity contribution in [3.63, 3.8) is 0 Å². The second kappa shape index (κ2) is 10.4. The van der Waals surface area contributed by atoms with E-state index in [1.807, 2.05) is 11.0 Å². The largest absolute Gasteiger partial charge is 0.366 e. The Morgan fingerprint density at radius 3 is 2.56 bits per heavy atom. The first-order valence-corrected chi connectivity index (χ1v) is 12.4. The lowest BCUT2D eigenvalue weighted by Crippen LogP contribution is -2.47. The number of aromatic amines is 1. The topological polar surface area (TPSA) is 105 Å². The van der Waals surface area contributed by atoms with E-state index in [1.165, 1.54) is 0 Å². The monoisotopic (exact) mass is 530 g/mol. The predicted molar refractivity (Wildman–Crippen MR) is 142 cm³/mol. The molecule has 2 N–H and O–H groups in total. The van der Waals surface area contributed by atoms with Crippen LogP contribution >= 0.6 is 0 Å². The van der Waals surface area contributed by atoms with Gasteiger partial charge in [-0.25, -0.2) is 9.97 Å². The van der Waals surface area contributed by atoms with Crippen molar-refractivity contribution < 1.29 is 18.3 Å². The molecule has 0 bridgehead atoms. The lowest BCUT2D eigenvalue weighted by Gasteiger charge is -2.31. The number of amides is 1. The minimum absolute atomic E-state index is 0.149. The van der Waals surface area contributed by atoms with Crippen LogP contribution in [0, 0.1) is 0 Å². The van der Waals surface area contributed by atoms with Gasteiger partial charge in [-0.3, -0.25) is 19.1 Å². The van der Waals surface area contributed by atoms with Crippen molar-refractivity contribution in [1.29, 1.82) is 0 Å². The number of carbonyl (C=O) groups is 1. The molecule has 1 fully saturated rings. The molecule has 6 rings (SSSR count). The van der Waals surface area contributed by atoms with E-state index in [9.17, 15) is 18.4 Å². The third-order valence-electron chi connectivity index (χ3n) is 6.68. The summed E-state index contributed by atoms with van der Waals surface area (Å²) in [5, 5.41) is 3.36. The fraction of sp³-hybridized carbons (Fsp3) is 0.214. The van der Waals surface area contributed by atoms with Crippen LogP contribution in [0.2, 0.25) is 0 Å². The van der Waals surface area contributed by atoms with Gasteiger partial charge in [0.1, 0.15) is 17.8 Å². The summed E-state index contributed by atoms with van der Waals surface area (Å²) in [5.41, 5.74) is 2.25. The number of benzene rings is 3. The van der Waals surface area contributed by atoms with Gasteiger partial charge in [0.15, 0.2) is 0 Å². The van der Waals surface area contributed by atoms with Gasteiger partial charge in [0.25, 0.3) is 11.5 Å². The maximum Gasteiger partial charge on any atom is 0.320 e. The van der Waals surface area contributed by atoms with Gasteiger partial charge >= 0.3 is 6.55 Å². The number of rotatable bonds is 6. The van der Waals surface area contributed by atoms with Crippen molar-refractivity contribution in [3.05, 3.63) is 89.0 Å². The highest BCUT2D eigenvalue weighted by molar-refractivity contribution is 5.94. The summed E-state index contributed by atoms with van der Waals surface area (Å²) < 4.78 is 34.2. The van der Waals surface area contributed by atoms with Crippen LogP contribution in [0.5, 0.6) is 0 Å². The van der Waals surface area contributed by atoms with Crippen molar-refractivity contribution in [2.75, 3.05) is 25.0 Å². The Balaban J connectivity index is 1.13. The summed E-state index contributed by atoms with van der Waals surface area (Å²) in [6, 6.07) is 20.4. The fourth-order valence-electron chi connectivity index (χ4n) is 4.80. The van der Waals surface area contributed by atoms with Crippen LogP contribution in [-0.2, 0) is 16.1 Å². The number of halogens is 2. The summed E-state index contributed by atoms with van der Waals surface area (Å²) in [6.45, 7) is -1.13. The zero-order valence-corrected chi connectivity index (χ0v) is 20.7. The minimum atomic E-state index is -2.75. The fourth-order valence-corrected chi connectivity index (χ4v) is 4.80. The number of nitrogens with zero attached hydrogens (tertiary/aromatic N) is 4. The summed E-state index contributed by atoms with van der Waals surface area (Å²) in [6.07, 6.45) is -0.728. The van der Waals surface area contributed by atoms with Crippen molar-refractivity contribution in [2.45, 2.75) is 19.2 Å². The van der Waals surface area contributed by atoms with Crippen molar-refractivity contribution in [3.8, 4) is 11.4 Å². The maximum absolute atomic E-state index is 13.8. The van der Waals surface area contributed by atoms with Crippen LogP contribution < -0.4 is 10.9 Å². The van der Waals surface area contributed by atoms with Crippen LogP contribution in [0.15, 0.2) is 77.6 Å². The normalized spacial score (nSPS) is 16.2. The number of alkyl halides is 2. The number of imidazole rings is 1. The highest BCUT2D eigenvalue weighted by atomic mass is 19.3. The zero-order valence-electron chi connectivity index (χ0n) is 20.7. The number of H-pyrrole nitrogens is 1. The highest BCUT2D eigenvalue weighted by Crippen LogP contribution is 2.30. The number of fused-ring (bicyclic) bond motifs is 2. The summed E-state index contributed by atoms with van der Waals surface area (Å²) in [5.74, 6) is 0.341. The summed E-state index contributed by atoms with van der Waals surface area (Å²) in [4.78, 5) is 39.1. The van der Waals surface area contributed by atoms with Crippen molar-refractivity contribution in [1.82, 2.24) is 24.4 Å². The molecule has 3 aromatic carbocycles. The molecule has 198 valence electrons. The molecule has 1 amide bonds. The highest BCUT2D eigenvalue weighted by Gasteiger charge is 2.27. The number of hydrogen-bond acceptors (Lipinski definition) is 6. The average molecular weight is 531 g/mol. The number of hydrogen-bond donors (Lipinski definition) is 2. The lowest BCUT2D eigenvalue weighted by atomic mass is 10.2. The van der Waals surface area contributed by atoms with Crippen molar-refractivity contribution >= 4 is 33.5 Å². The SMILES string of the molecule is O=C(Nc1ccc(-c2nc3ccccc3n2C(F)F)cc1)C1CN(Cc2nc3ccccc3c(=O)[nH]2)CCO1. The van der Waals surface area contributed by atoms with E-state index in [4.69, 9.17) is 4.74 Å². The van der Waals surface area contributed by atoms with Gasteiger partial charge < -0.3 is 15.0 Å². The van der Waals surface area contributed by atoms with Gasteiger partial charge in [-0.1, -0.05) is 24.3 Å². The third kappa shape index (κ3) is 5.01. The van der Waals surface area contributed by atoms with E-state index in [0.29, 0.717) is 65.3 Å². The Morgan fingerprint density at radius 2 is 1.77 bits per heavy atom. The molecule has 1 atom stereocenters. The molecule has 0 spiro atoms. The molecule has 0 radical (unpaired) electrons. The number of para-hydroxylation sites is 3. The molecule has 1 aliphatic rings. The molecule has 1 unspecified atom stereocenters. The number of anilines is 1. The van der Waals surface area contributed by atoms with Gasteiger partial charge in [-0.2, -0.15) is 8.78 Å². The number of morpholine rings is 1. The molecular formula is C28H24F2N6O3. The Morgan fingerprint density at radius 1 is 1.03 bits per heavy atom. The third-order valence-corrected chi connectivity index (χ3v) is 6.68. The summed E-state index contributed by atoms with van der Waals surface area (Å²) in [7, 11) is 0. The quantitative estimate of drug-likeness (QED) is 0.341. The van der Waals surface area contributed by atoms with E-state index in [1.54, 1.807) is 66.7 Å². The van der Waals surface area contributed by atoms with E-state index in [2.05, 4.69) is 20.3 Å². The first-order chi connectivity index (χ1) is 19.0. The van der Waals surface area contributed by atoms with Gasteiger partial charge in [0.2, 0.25) is 0 Å². The van der Waals surface area contributed by atoms with Crippen molar-refractivity contribution in [2.24, 2.45) is 0 Å². The van der Waals surface area contributed by atoms with Gasteiger partial charge in [0, 0.05) is 24.3 Å². The molecule has 3 heterocycles. The molecule has 9 nitrogen and oxygen atoms in total. The number of ether oxygens (including phenoxy) is 1.